The van der Waals surface area contributed by atoms with Gasteiger partial charge in [0.2, 0.25) is 0 Å². The molecular formula is C13H19N5. The Kier molecular flexibility index (Phi) is 4.35. The van der Waals surface area contributed by atoms with Crippen LogP contribution in [0, 0.1) is 17.4 Å². The predicted molar refractivity (Wildman–Crippen MR) is 71.1 cm³/mol. The second kappa shape index (κ2) is 6.20. The molecule has 0 saturated heterocycles. The number of aromatic nitrogens is 2. The van der Waals surface area contributed by atoms with E-state index in [1.165, 1.54) is 38.4 Å². The first-order valence-corrected chi connectivity index (χ1v) is 6.48. The average Bonchev–Trinajstić information content (AvgIpc) is 2.90. The van der Waals surface area contributed by atoms with Crippen LogP contribution in [0.25, 0.3) is 0 Å². The lowest BCUT2D eigenvalue weighted by Gasteiger charge is -2.20. The molecule has 1 aliphatic carbocycles. The molecule has 0 aliphatic heterocycles. The third kappa shape index (κ3) is 3.33. The van der Waals surface area contributed by atoms with Gasteiger partial charge in [0.1, 0.15) is 18.0 Å². The van der Waals surface area contributed by atoms with Crippen molar-refractivity contribution in [1.82, 2.24) is 9.97 Å². The summed E-state index contributed by atoms with van der Waals surface area (Å²) >= 11 is 0. The van der Waals surface area contributed by atoms with Crippen molar-refractivity contribution in [3.63, 3.8) is 0 Å². The molecule has 2 rings (SSSR count). The Bertz CT molecular complexity index is 420. The molecule has 0 radical (unpaired) electrons. The van der Waals surface area contributed by atoms with Crippen LogP contribution in [0.15, 0.2) is 12.4 Å². The standard InChI is InChI=1S/C13H19N5/c1-18(7-6-11-4-2-3-5-11)13-8-12(15-9-14)16-10-17-13/h8,10-11H,2-7H2,1H3,(H,15,16,17). The average molecular weight is 245 g/mol. The highest BCUT2D eigenvalue weighted by Gasteiger charge is 2.15. The largest absolute Gasteiger partial charge is 0.360 e. The van der Waals surface area contributed by atoms with Crippen LogP contribution in [-0.2, 0) is 0 Å². The number of rotatable bonds is 5. The summed E-state index contributed by atoms with van der Waals surface area (Å²) in [5.74, 6) is 2.29. The molecule has 1 saturated carbocycles. The molecular weight excluding hydrogens is 226 g/mol. The van der Waals surface area contributed by atoms with Gasteiger partial charge in [-0.05, 0) is 12.3 Å². The van der Waals surface area contributed by atoms with Crippen molar-refractivity contribution in [2.45, 2.75) is 32.1 Å². The molecule has 1 heterocycles. The highest BCUT2D eigenvalue weighted by atomic mass is 15.2. The Morgan fingerprint density at radius 3 is 2.94 bits per heavy atom. The van der Waals surface area contributed by atoms with E-state index in [1.807, 2.05) is 13.2 Å². The van der Waals surface area contributed by atoms with Crippen LogP contribution in [-0.4, -0.2) is 23.6 Å². The van der Waals surface area contributed by atoms with Gasteiger partial charge in [-0.3, -0.25) is 5.32 Å². The van der Waals surface area contributed by atoms with Crippen molar-refractivity contribution in [1.29, 1.82) is 5.26 Å². The van der Waals surface area contributed by atoms with E-state index >= 15 is 0 Å². The summed E-state index contributed by atoms with van der Waals surface area (Å²) in [5, 5.41) is 11.1. The molecule has 0 spiro atoms. The smallest absolute Gasteiger partial charge is 0.182 e. The molecule has 0 unspecified atom stereocenters. The zero-order valence-corrected chi connectivity index (χ0v) is 10.8. The van der Waals surface area contributed by atoms with Crippen LogP contribution < -0.4 is 10.2 Å². The van der Waals surface area contributed by atoms with Gasteiger partial charge in [-0.25, -0.2) is 9.97 Å². The molecule has 18 heavy (non-hydrogen) atoms. The monoisotopic (exact) mass is 245 g/mol. The van der Waals surface area contributed by atoms with Crippen molar-refractivity contribution in [3.05, 3.63) is 12.4 Å². The molecule has 0 atom stereocenters. The van der Waals surface area contributed by atoms with Crippen LogP contribution in [0.2, 0.25) is 0 Å². The van der Waals surface area contributed by atoms with Crippen LogP contribution in [0.4, 0.5) is 11.6 Å². The lowest BCUT2D eigenvalue weighted by Crippen LogP contribution is -2.21. The number of nitriles is 1. The Balaban J connectivity index is 1.89. The van der Waals surface area contributed by atoms with Gasteiger partial charge in [-0.2, -0.15) is 5.26 Å². The maximum atomic E-state index is 8.56. The summed E-state index contributed by atoms with van der Waals surface area (Å²) in [6, 6.07) is 1.80. The van der Waals surface area contributed by atoms with Crippen molar-refractivity contribution in [3.8, 4) is 6.19 Å². The molecule has 0 bridgehead atoms. The van der Waals surface area contributed by atoms with Crippen LogP contribution in [0.1, 0.15) is 32.1 Å². The SMILES string of the molecule is CN(CCC1CCCC1)c1cc(NC#N)ncn1. The molecule has 1 fully saturated rings. The summed E-state index contributed by atoms with van der Waals surface area (Å²) in [6.07, 6.45) is 10.1. The van der Waals surface area contributed by atoms with Crippen molar-refractivity contribution in [2.75, 3.05) is 23.8 Å². The minimum absolute atomic E-state index is 0.551. The molecule has 1 aromatic rings. The van der Waals surface area contributed by atoms with Crippen LogP contribution in [0.5, 0.6) is 0 Å². The minimum Gasteiger partial charge on any atom is -0.360 e. The quantitative estimate of drug-likeness (QED) is 0.637. The van der Waals surface area contributed by atoms with E-state index < -0.39 is 0 Å². The molecule has 1 aliphatic rings. The van der Waals surface area contributed by atoms with Gasteiger partial charge in [-0.15, -0.1) is 0 Å². The molecule has 5 heteroatoms. The summed E-state index contributed by atoms with van der Waals surface area (Å²) in [6.45, 7) is 1.01. The van der Waals surface area contributed by atoms with Gasteiger partial charge in [0.15, 0.2) is 6.19 Å². The molecule has 0 amide bonds. The first kappa shape index (κ1) is 12.6. The van der Waals surface area contributed by atoms with E-state index in [2.05, 4.69) is 20.2 Å². The fraction of sp³-hybridized carbons (Fsp3) is 0.615. The Labute approximate surface area is 108 Å². The van der Waals surface area contributed by atoms with E-state index in [0.717, 1.165) is 18.3 Å². The van der Waals surface area contributed by atoms with Gasteiger partial charge in [0, 0.05) is 19.7 Å². The maximum absolute atomic E-state index is 8.56. The Morgan fingerprint density at radius 2 is 2.22 bits per heavy atom. The van der Waals surface area contributed by atoms with E-state index in [0.29, 0.717) is 5.82 Å². The second-order valence-corrected chi connectivity index (χ2v) is 4.86. The maximum Gasteiger partial charge on any atom is 0.182 e. The summed E-state index contributed by atoms with van der Waals surface area (Å²) in [5.41, 5.74) is 0. The number of anilines is 2. The summed E-state index contributed by atoms with van der Waals surface area (Å²) in [7, 11) is 2.04. The second-order valence-electron chi connectivity index (χ2n) is 4.86. The van der Waals surface area contributed by atoms with Gasteiger partial charge in [0.25, 0.3) is 0 Å². The predicted octanol–water partition coefficient (Wildman–Crippen LogP) is 2.39. The zero-order valence-electron chi connectivity index (χ0n) is 10.8. The molecule has 0 aromatic carbocycles. The van der Waals surface area contributed by atoms with Crippen LogP contribution >= 0.6 is 0 Å². The Hall–Kier alpha value is -1.83. The number of hydrogen-bond acceptors (Lipinski definition) is 5. The Morgan fingerprint density at radius 1 is 1.44 bits per heavy atom. The third-order valence-electron chi connectivity index (χ3n) is 3.58. The minimum atomic E-state index is 0.551. The van der Waals surface area contributed by atoms with Crippen molar-refractivity contribution in [2.24, 2.45) is 5.92 Å². The summed E-state index contributed by atoms with van der Waals surface area (Å²) in [4.78, 5) is 10.3. The highest BCUT2D eigenvalue weighted by molar-refractivity contribution is 5.49. The van der Waals surface area contributed by atoms with Crippen molar-refractivity contribution >= 4 is 11.6 Å². The normalized spacial score (nSPS) is 15.3. The fourth-order valence-electron chi connectivity index (χ4n) is 2.47. The fourth-order valence-corrected chi connectivity index (χ4v) is 2.47. The van der Waals surface area contributed by atoms with E-state index in [9.17, 15) is 0 Å². The summed E-state index contributed by atoms with van der Waals surface area (Å²) < 4.78 is 0. The van der Waals surface area contributed by atoms with Crippen LogP contribution in [0.3, 0.4) is 0 Å². The van der Waals surface area contributed by atoms with E-state index in [-0.39, 0.29) is 0 Å². The highest BCUT2D eigenvalue weighted by Crippen LogP contribution is 2.28. The zero-order chi connectivity index (χ0) is 12.8. The van der Waals surface area contributed by atoms with Gasteiger partial charge < -0.3 is 4.90 Å². The number of hydrogen-bond donors (Lipinski definition) is 1. The number of nitrogens with one attached hydrogen (secondary N) is 1. The van der Waals surface area contributed by atoms with E-state index in [4.69, 9.17) is 5.26 Å². The lowest BCUT2D eigenvalue weighted by atomic mass is 10.0. The van der Waals surface area contributed by atoms with E-state index in [1.54, 1.807) is 6.07 Å². The van der Waals surface area contributed by atoms with Crippen molar-refractivity contribution < 1.29 is 0 Å². The van der Waals surface area contributed by atoms with Gasteiger partial charge >= 0.3 is 0 Å². The van der Waals surface area contributed by atoms with Gasteiger partial charge in [-0.1, -0.05) is 25.7 Å². The molecule has 1 N–H and O–H groups in total. The number of nitrogens with zero attached hydrogens (tertiary/aromatic N) is 4. The first-order chi connectivity index (χ1) is 8.79. The lowest BCUT2D eigenvalue weighted by molar-refractivity contribution is 0.504. The first-order valence-electron chi connectivity index (χ1n) is 6.48. The molecule has 96 valence electrons. The molecule has 5 nitrogen and oxygen atoms in total. The third-order valence-corrected chi connectivity index (χ3v) is 3.58. The van der Waals surface area contributed by atoms with Gasteiger partial charge in [0.05, 0.1) is 0 Å². The topological polar surface area (TPSA) is 64.8 Å². The molecule has 1 aromatic heterocycles.